The standard InChI is InChI=1S/C24H28N2O6S/c1-31-21-12-11-18(16-22(21)33(29,30)25-13-7-3-4-8-14-25)23(27)26-19-10-6-5-9-17(19)15-20(26)24(28)32-2/h5-6,9-12,16,20H,3-4,7-8,13-15H2,1-2H3. The molecule has 1 fully saturated rings. The predicted molar refractivity (Wildman–Crippen MR) is 123 cm³/mol. The Morgan fingerprint density at radius 3 is 2.33 bits per heavy atom. The lowest BCUT2D eigenvalue weighted by Gasteiger charge is -2.25. The Kier molecular flexibility index (Phi) is 6.71. The molecule has 2 aromatic rings. The Bertz CT molecular complexity index is 1160. The fraction of sp³-hybridized carbons (Fsp3) is 0.417. The molecule has 0 radical (unpaired) electrons. The van der Waals surface area contributed by atoms with Crippen molar-refractivity contribution >= 4 is 27.6 Å². The van der Waals surface area contributed by atoms with Gasteiger partial charge in [-0.05, 0) is 42.7 Å². The number of benzene rings is 2. The first-order valence-electron chi connectivity index (χ1n) is 11.1. The molecule has 1 saturated heterocycles. The number of nitrogens with zero attached hydrogens (tertiary/aromatic N) is 2. The van der Waals surface area contributed by atoms with Crippen molar-refractivity contribution in [3.63, 3.8) is 0 Å². The summed E-state index contributed by atoms with van der Waals surface area (Å²) in [6, 6.07) is 10.8. The zero-order valence-electron chi connectivity index (χ0n) is 18.8. The third kappa shape index (κ3) is 4.35. The van der Waals surface area contributed by atoms with Crippen molar-refractivity contribution < 1.29 is 27.5 Å². The summed E-state index contributed by atoms with van der Waals surface area (Å²) in [4.78, 5) is 27.4. The minimum atomic E-state index is -3.86. The third-order valence-corrected chi connectivity index (χ3v) is 8.18. The lowest BCUT2D eigenvalue weighted by atomic mass is 10.1. The lowest BCUT2D eigenvalue weighted by Crippen LogP contribution is -2.43. The van der Waals surface area contributed by atoms with Gasteiger partial charge < -0.3 is 9.47 Å². The van der Waals surface area contributed by atoms with Crippen LogP contribution in [0.15, 0.2) is 47.4 Å². The van der Waals surface area contributed by atoms with Crippen LogP contribution in [-0.2, 0) is 26.0 Å². The highest BCUT2D eigenvalue weighted by Gasteiger charge is 2.40. The van der Waals surface area contributed by atoms with Crippen molar-refractivity contribution in [3.8, 4) is 5.75 Å². The number of para-hydroxylation sites is 1. The van der Waals surface area contributed by atoms with E-state index in [9.17, 15) is 18.0 Å². The number of methoxy groups -OCH3 is 2. The average molecular weight is 473 g/mol. The van der Waals surface area contributed by atoms with Gasteiger partial charge in [-0.25, -0.2) is 13.2 Å². The largest absolute Gasteiger partial charge is 0.495 e. The highest BCUT2D eigenvalue weighted by Crippen LogP contribution is 2.35. The van der Waals surface area contributed by atoms with Crippen LogP contribution in [0.4, 0.5) is 5.69 Å². The van der Waals surface area contributed by atoms with Crippen LogP contribution < -0.4 is 9.64 Å². The zero-order chi connectivity index (χ0) is 23.6. The molecule has 0 bridgehead atoms. The van der Waals surface area contributed by atoms with Crippen molar-refractivity contribution in [3.05, 3.63) is 53.6 Å². The fourth-order valence-corrected chi connectivity index (χ4v) is 6.23. The van der Waals surface area contributed by atoms with Gasteiger partial charge in [0.1, 0.15) is 16.7 Å². The lowest BCUT2D eigenvalue weighted by molar-refractivity contribution is -0.141. The maximum atomic E-state index is 13.6. The molecule has 176 valence electrons. The van der Waals surface area contributed by atoms with Gasteiger partial charge in [0.15, 0.2) is 0 Å². The maximum Gasteiger partial charge on any atom is 0.329 e. The topological polar surface area (TPSA) is 93.2 Å². The summed E-state index contributed by atoms with van der Waals surface area (Å²) in [6.07, 6.45) is 3.91. The van der Waals surface area contributed by atoms with Crippen molar-refractivity contribution in [2.75, 3.05) is 32.2 Å². The molecule has 0 saturated carbocycles. The van der Waals surface area contributed by atoms with Crippen LogP contribution in [0, 0.1) is 0 Å². The van der Waals surface area contributed by atoms with Crippen LogP contribution in [0.3, 0.4) is 0 Å². The number of carbonyl (C=O) groups excluding carboxylic acids is 2. The molecule has 2 aliphatic heterocycles. The highest BCUT2D eigenvalue weighted by molar-refractivity contribution is 7.89. The molecular weight excluding hydrogens is 444 g/mol. The molecule has 2 heterocycles. The predicted octanol–water partition coefficient (Wildman–Crippen LogP) is 3.00. The van der Waals surface area contributed by atoms with Crippen LogP contribution in [0.2, 0.25) is 0 Å². The molecule has 8 nitrogen and oxygen atoms in total. The molecule has 4 rings (SSSR count). The van der Waals surface area contributed by atoms with E-state index in [2.05, 4.69) is 0 Å². The van der Waals surface area contributed by atoms with Gasteiger partial charge in [0.25, 0.3) is 5.91 Å². The maximum absolute atomic E-state index is 13.6. The van der Waals surface area contributed by atoms with Crippen LogP contribution in [0.1, 0.15) is 41.6 Å². The summed E-state index contributed by atoms with van der Waals surface area (Å²) in [5.41, 5.74) is 1.63. The fourth-order valence-electron chi connectivity index (χ4n) is 4.53. The normalized spacial score (nSPS) is 19.0. The van der Waals surface area contributed by atoms with E-state index >= 15 is 0 Å². The molecular formula is C24H28N2O6S. The second-order valence-corrected chi connectivity index (χ2v) is 10.1. The van der Waals surface area contributed by atoms with E-state index in [1.807, 2.05) is 12.1 Å². The molecule has 0 aromatic heterocycles. The van der Waals surface area contributed by atoms with Gasteiger partial charge in [-0.1, -0.05) is 31.0 Å². The Hall–Kier alpha value is -2.91. The van der Waals surface area contributed by atoms with Crippen molar-refractivity contribution in [2.24, 2.45) is 0 Å². The van der Waals surface area contributed by atoms with Crippen molar-refractivity contribution in [2.45, 2.75) is 43.0 Å². The summed E-state index contributed by atoms with van der Waals surface area (Å²) in [5.74, 6) is -0.807. The number of hydrogen-bond acceptors (Lipinski definition) is 6. The first-order chi connectivity index (χ1) is 15.9. The quantitative estimate of drug-likeness (QED) is 0.621. The van der Waals surface area contributed by atoms with Crippen LogP contribution >= 0.6 is 0 Å². The number of hydrogen-bond donors (Lipinski definition) is 0. The second-order valence-electron chi connectivity index (χ2n) is 8.23. The minimum absolute atomic E-state index is 0.0418. The van der Waals surface area contributed by atoms with E-state index in [0.29, 0.717) is 25.2 Å². The summed E-state index contributed by atoms with van der Waals surface area (Å²) in [6.45, 7) is 0.876. The van der Waals surface area contributed by atoms with Crippen LogP contribution in [-0.4, -0.2) is 58.0 Å². The van der Waals surface area contributed by atoms with E-state index in [1.165, 1.54) is 41.6 Å². The van der Waals surface area contributed by atoms with E-state index in [1.54, 1.807) is 12.1 Å². The summed E-state index contributed by atoms with van der Waals surface area (Å²) in [7, 11) is -1.17. The Morgan fingerprint density at radius 1 is 0.970 bits per heavy atom. The van der Waals surface area contributed by atoms with Gasteiger partial charge in [-0.3, -0.25) is 9.69 Å². The smallest absolute Gasteiger partial charge is 0.329 e. The number of sulfonamides is 1. The molecule has 2 aromatic carbocycles. The van der Waals surface area contributed by atoms with Crippen molar-refractivity contribution in [1.82, 2.24) is 4.31 Å². The van der Waals surface area contributed by atoms with Crippen LogP contribution in [0.5, 0.6) is 5.75 Å². The average Bonchev–Trinajstić information content (AvgIpc) is 3.00. The number of fused-ring (bicyclic) bond motifs is 1. The second kappa shape index (κ2) is 9.52. The first-order valence-corrected chi connectivity index (χ1v) is 12.5. The third-order valence-electron chi connectivity index (χ3n) is 6.26. The van der Waals surface area contributed by atoms with Gasteiger partial charge in [0.05, 0.1) is 14.2 Å². The van der Waals surface area contributed by atoms with Gasteiger partial charge in [0, 0.05) is 30.8 Å². The summed E-state index contributed by atoms with van der Waals surface area (Å²) in [5, 5.41) is 0. The molecule has 9 heteroatoms. The van der Waals surface area contributed by atoms with Gasteiger partial charge in [0.2, 0.25) is 10.0 Å². The summed E-state index contributed by atoms with van der Waals surface area (Å²) < 4.78 is 38.7. The van der Waals surface area contributed by atoms with Gasteiger partial charge in [-0.2, -0.15) is 4.31 Å². The molecule has 2 aliphatic rings. The van der Waals surface area contributed by atoms with Crippen molar-refractivity contribution in [1.29, 1.82) is 0 Å². The Labute approximate surface area is 194 Å². The molecule has 0 N–H and O–H groups in total. The molecule has 1 unspecified atom stereocenters. The van der Waals surface area contributed by atoms with E-state index in [-0.39, 0.29) is 16.2 Å². The highest BCUT2D eigenvalue weighted by atomic mass is 32.2. The van der Waals surface area contributed by atoms with Gasteiger partial charge >= 0.3 is 5.97 Å². The number of amides is 1. The molecule has 1 amide bonds. The zero-order valence-corrected chi connectivity index (χ0v) is 19.6. The number of ether oxygens (including phenoxy) is 2. The number of anilines is 1. The number of esters is 1. The van der Waals surface area contributed by atoms with Gasteiger partial charge in [-0.15, -0.1) is 0 Å². The molecule has 0 aliphatic carbocycles. The van der Waals surface area contributed by atoms with E-state index < -0.39 is 27.9 Å². The molecule has 0 spiro atoms. The van der Waals surface area contributed by atoms with Crippen LogP contribution in [0.25, 0.3) is 0 Å². The monoisotopic (exact) mass is 472 g/mol. The first kappa shape index (κ1) is 23.3. The Balaban J connectivity index is 1.75. The van der Waals surface area contributed by atoms with E-state index in [0.717, 1.165) is 31.2 Å². The number of carbonyl (C=O) groups is 2. The molecule has 33 heavy (non-hydrogen) atoms. The molecule has 1 atom stereocenters. The number of rotatable bonds is 5. The minimum Gasteiger partial charge on any atom is -0.495 e. The Morgan fingerprint density at radius 2 is 1.67 bits per heavy atom. The SMILES string of the molecule is COC(=O)C1Cc2ccccc2N1C(=O)c1ccc(OC)c(S(=O)(=O)N2CCCCCC2)c1. The van der Waals surface area contributed by atoms with E-state index in [4.69, 9.17) is 9.47 Å². The summed E-state index contributed by atoms with van der Waals surface area (Å²) >= 11 is 0.